The van der Waals surface area contributed by atoms with Crippen molar-refractivity contribution in [2.75, 3.05) is 5.32 Å². The number of nitrogens with zero attached hydrogens (tertiary/aromatic N) is 2. The van der Waals surface area contributed by atoms with Crippen molar-refractivity contribution < 1.29 is 24.0 Å². The molecule has 2 aromatic heterocycles. The molecule has 1 atom stereocenters. The molecule has 0 bridgehead atoms. The van der Waals surface area contributed by atoms with Crippen LogP contribution in [0.5, 0.6) is 0 Å². The molecule has 1 unspecified atom stereocenters. The largest absolute Gasteiger partial charge is 0.477 e. The third-order valence-corrected chi connectivity index (χ3v) is 5.54. The van der Waals surface area contributed by atoms with Crippen molar-refractivity contribution in [3.63, 3.8) is 0 Å². The Hall–Kier alpha value is -4.17. The first-order valence-corrected chi connectivity index (χ1v) is 10.7. The number of ether oxygens (including phenoxy) is 1. The second-order valence-corrected chi connectivity index (χ2v) is 7.88. The molecule has 0 radical (unpaired) electrons. The zero-order valence-electron chi connectivity index (χ0n) is 18.3. The quantitative estimate of drug-likeness (QED) is 0.331. The van der Waals surface area contributed by atoms with Gasteiger partial charge < -0.3 is 14.4 Å². The third kappa shape index (κ3) is 4.92. The highest BCUT2D eigenvalue weighted by Crippen LogP contribution is 2.32. The molecule has 0 saturated carbocycles. The summed E-state index contributed by atoms with van der Waals surface area (Å²) >= 11 is 6.19. The van der Waals surface area contributed by atoms with Gasteiger partial charge in [-0.25, -0.2) is 14.6 Å². The molecule has 2 N–H and O–H groups in total. The molecule has 0 aliphatic heterocycles. The Kier molecular flexibility index (Phi) is 6.60. The van der Waals surface area contributed by atoms with E-state index in [1.807, 2.05) is 30.3 Å². The Labute approximate surface area is 200 Å². The number of benzene rings is 2. The van der Waals surface area contributed by atoms with Crippen LogP contribution in [-0.2, 0) is 4.74 Å². The summed E-state index contributed by atoms with van der Waals surface area (Å²) in [7, 11) is 0. The van der Waals surface area contributed by atoms with Crippen LogP contribution in [0.4, 0.5) is 10.5 Å². The van der Waals surface area contributed by atoms with Crippen molar-refractivity contribution in [1.82, 2.24) is 10.1 Å². The van der Waals surface area contributed by atoms with E-state index in [4.69, 9.17) is 26.0 Å². The number of carboxylic acids is 1. The second-order valence-electron chi connectivity index (χ2n) is 7.47. The predicted molar refractivity (Wildman–Crippen MR) is 127 cm³/mol. The number of aromatic nitrogens is 2. The lowest BCUT2D eigenvalue weighted by molar-refractivity contribution is 0.0690. The first-order chi connectivity index (χ1) is 16.3. The number of aryl methyl sites for hydroxylation is 1. The fourth-order valence-corrected chi connectivity index (χ4v) is 3.68. The zero-order valence-corrected chi connectivity index (χ0v) is 19.0. The standard InChI is InChI=1S/C25H20ClN3O5/c1-14(19-5-3-4-6-20(19)26)33-25(32)28-22-15(2)34-29-23(22)17-9-7-16(8-10-17)18-11-12-21(24(30)31)27-13-18/h3-14H,1-2H3,(H,28,32)(H,30,31). The molecule has 2 aromatic carbocycles. The Morgan fingerprint density at radius 1 is 1.03 bits per heavy atom. The van der Waals surface area contributed by atoms with E-state index < -0.39 is 18.2 Å². The molecule has 9 heteroatoms. The van der Waals surface area contributed by atoms with Gasteiger partial charge in [0.15, 0.2) is 5.76 Å². The van der Waals surface area contributed by atoms with Gasteiger partial charge in [-0.3, -0.25) is 5.32 Å². The van der Waals surface area contributed by atoms with Crippen molar-refractivity contribution in [3.05, 3.63) is 88.9 Å². The topological polar surface area (TPSA) is 115 Å². The minimum Gasteiger partial charge on any atom is -0.477 e. The molecule has 4 aromatic rings. The highest BCUT2D eigenvalue weighted by atomic mass is 35.5. The Bertz CT molecular complexity index is 1330. The maximum absolute atomic E-state index is 12.6. The summed E-state index contributed by atoms with van der Waals surface area (Å²) in [5.74, 6) is -0.655. The van der Waals surface area contributed by atoms with Gasteiger partial charge in [-0.2, -0.15) is 0 Å². The molecule has 0 fully saturated rings. The van der Waals surface area contributed by atoms with E-state index in [-0.39, 0.29) is 5.69 Å². The van der Waals surface area contributed by atoms with Gasteiger partial charge in [-0.05, 0) is 31.5 Å². The van der Waals surface area contributed by atoms with Crippen molar-refractivity contribution in [1.29, 1.82) is 0 Å². The maximum atomic E-state index is 12.6. The van der Waals surface area contributed by atoms with Gasteiger partial charge in [0.05, 0.1) is 0 Å². The smallest absolute Gasteiger partial charge is 0.412 e. The lowest BCUT2D eigenvalue weighted by Crippen LogP contribution is -2.17. The number of aromatic carboxylic acids is 1. The molecule has 8 nitrogen and oxygen atoms in total. The molecule has 2 heterocycles. The monoisotopic (exact) mass is 477 g/mol. The lowest BCUT2D eigenvalue weighted by Gasteiger charge is -2.15. The van der Waals surface area contributed by atoms with Crippen LogP contribution >= 0.6 is 11.6 Å². The molecule has 34 heavy (non-hydrogen) atoms. The van der Waals surface area contributed by atoms with E-state index in [0.717, 1.165) is 11.1 Å². The van der Waals surface area contributed by atoms with E-state index in [9.17, 15) is 9.59 Å². The minimum atomic E-state index is -1.08. The summed E-state index contributed by atoms with van der Waals surface area (Å²) in [6.07, 6.45) is 0.279. The van der Waals surface area contributed by atoms with E-state index in [0.29, 0.717) is 33.3 Å². The molecular weight excluding hydrogens is 458 g/mol. The minimum absolute atomic E-state index is 0.0232. The number of pyridine rings is 1. The average molecular weight is 478 g/mol. The number of carbonyl (C=O) groups excluding carboxylic acids is 1. The Balaban J connectivity index is 1.50. The fraction of sp³-hybridized carbons (Fsp3) is 0.120. The van der Waals surface area contributed by atoms with E-state index in [1.165, 1.54) is 12.3 Å². The van der Waals surface area contributed by atoms with Crippen molar-refractivity contribution in [3.8, 4) is 22.4 Å². The number of carbonyl (C=O) groups is 2. The summed E-state index contributed by atoms with van der Waals surface area (Å²) in [5, 5.41) is 16.3. The van der Waals surface area contributed by atoms with Crippen LogP contribution in [-0.4, -0.2) is 27.3 Å². The number of nitrogens with one attached hydrogen (secondary N) is 1. The Morgan fingerprint density at radius 3 is 2.35 bits per heavy atom. The first-order valence-electron chi connectivity index (χ1n) is 10.3. The average Bonchev–Trinajstić information content (AvgIpc) is 3.19. The van der Waals surface area contributed by atoms with Crippen LogP contribution in [0.3, 0.4) is 0 Å². The third-order valence-electron chi connectivity index (χ3n) is 5.19. The number of carboxylic acid groups (broad SMARTS) is 1. The highest BCUT2D eigenvalue weighted by molar-refractivity contribution is 6.31. The number of halogens is 1. The maximum Gasteiger partial charge on any atom is 0.412 e. The number of anilines is 1. The van der Waals surface area contributed by atoms with Crippen molar-refractivity contribution in [2.24, 2.45) is 0 Å². The summed E-state index contributed by atoms with van der Waals surface area (Å²) < 4.78 is 10.8. The van der Waals surface area contributed by atoms with Gasteiger partial charge >= 0.3 is 12.1 Å². The summed E-state index contributed by atoms with van der Waals surface area (Å²) in [6.45, 7) is 3.42. The first kappa shape index (κ1) is 23.0. The molecule has 0 aliphatic carbocycles. The molecule has 0 saturated heterocycles. The SMILES string of the molecule is Cc1onc(-c2ccc(-c3ccc(C(=O)O)nc3)cc2)c1NC(=O)OC(C)c1ccccc1Cl. The van der Waals surface area contributed by atoms with E-state index in [2.05, 4.69) is 15.5 Å². The van der Waals surface area contributed by atoms with Crippen LogP contribution in [0.1, 0.15) is 34.8 Å². The van der Waals surface area contributed by atoms with Gasteiger partial charge in [0.1, 0.15) is 23.2 Å². The van der Waals surface area contributed by atoms with E-state index >= 15 is 0 Å². The van der Waals surface area contributed by atoms with Crippen LogP contribution < -0.4 is 5.32 Å². The van der Waals surface area contributed by atoms with Crippen molar-refractivity contribution >= 4 is 29.4 Å². The predicted octanol–water partition coefficient (Wildman–Crippen LogP) is 6.37. The summed E-state index contributed by atoms with van der Waals surface area (Å²) in [6, 6.07) is 17.6. The van der Waals surface area contributed by atoms with Gasteiger partial charge in [0.2, 0.25) is 0 Å². The van der Waals surface area contributed by atoms with Crippen molar-refractivity contribution in [2.45, 2.75) is 20.0 Å². The van der Waals surface area contributed by atoms with Crippen LogP contribution in [0.2, 0.25) is 5.02 Å². The van der Waals surface area contributed by atoms with Crippen LogP contribution in [0, 0.1) is 6.92 Å². The van der Waals surface area contributed by atoms with Gasteiger partial charge in [-0.15, -0.1) is 0 Å². The van der Waals surface area contributed by atoms with Crippen LogP contribution in [0.25, 0.3) is 22.4 Å². The van der Waals surface area contributed by atoms with Gasteiger partial charge in [0.25, 0.3) is 0 Å². The van der Waals surface area contributed by atoms with E-state index in [1.54, 1.807) is 38.1 Å². The molecule has 0 aliphatic rings. The zero-order chi connectivity index (χ0) is 24.2. The number of hydrogen-bond acceptors (Lipinski definition) is 6. The molecule has 1 amide bonds. The lowest BCUT2D eigenvalue weighted by atomic mass is 10.0. The van der Waals surface area contributed by atoms with Gasteiger partial charge in [-0.1, -0.05) is 65.3 Å². The summed E-state index contributed by atoms with van der Waals surface area (Å²) in [4.78, 5) is 27.5. The van der Waals surface area contributed by atoms with Gasteiger partial charge in [0, 0.05) is 27.9 Å². The fourth-order valence-electron chi connectivity index (χ4n) is 3.39. The van der Waals surface area contributed by atoms with Crippen LogP contribution in [0.15, 0.2) is 71.4 Å². The Morgan fingerprint density at radius 2 is 1.71 bits per heavy atom. The number of amides is 1. The molecular formula is C25H20ClN3O5. The second kappa shape index (κ2) is 9.76. The normalized spacial score (nSPS) is 11.6. The molecule has 4 rings (SSSR count). The molecule has 172 valence electrons. The molecule has 0 spiro atoms. The number of hydrogen-bond donors (Lipinski definition) is 2. The number of rotatable bonds is 6. The highest BCUT2D eigenvalue weighted by Gasteiger charge is 2.20. The summed E-state index contributed by atoms with van der Waals surface area (Å²) in [5.41, 5.74) is 3.85.